The molecular formula is C18H29ClN4O4S2. The number of nitrogens with one attached hydrogen (secondary N) is 3. The van der Waals surface area contributed by atoms with Gasteiger partial charge in [-0.05, 0) is 57.2 Å². The van der Waals surface area contributed by atoms with Crippen LogP contribution in [0.2, 0.25) is 5.02 Å². The first-order chi connectivity index (χ1) is 13.3. The highest BCUT2D eigenvalue weighted by Gasteiger charge is 2.29. The van der Waals surface area contributed by atoms with E-state index in [0.29, 0.717) is 16.5 Å². The second-order valence-corrected chi connectivity index (χ2v) is 11.2. The summed E-state index contributed by atoms with van der Waals surface area (Å²) in [6.45, 7) is 9.76. The van der Waals surface area contributed by atoms with Gasteiger partial charge in [-0.3, -0.25) is 4.79 Å². The van der Waals surface area contributed by atoms with Gasteiger partial charge >= 0.3 is 5.97 Å². The van der Waals surface area contributed by atoms with Gasteiger partial charge in [-0.2, -0.15) is 0 Å². The lowest BCUT2D eigenvalue weighted by molar-refractivity contribution is -0.153. The molecule has 2 rings (SSSR count). The summed E-state index contributed by atoms with van der Waals surface area (Å²) in [6, 6.07) is 2.91. The molecule has 0 saturated carbocycles. The van der Waals surface area contributed by atoms with Crippen LogP contribution in [0.5, 0.6) is 0 Å². The van der Waals surface area contributed by atoms with Crippen molar-refractivity contribution in [3.63, 3.8) is 0 Å². The summed E-state index contributed by atoms with van der Waals surface area (Å²) in [7, 11) is -3.91. The van der Waals surface area contributed by atoms with Crippen LogP contribution in [0.15, 0.2) is 21.9 Å². The summed E-state index contributed by atoms with van der Waals surface area (Å²) >= 11 is 7.40. The van der Waals surface area contributed by atoms with Gasteiger partial charge in [0.1, 0.15) is 16.7 Å². The van der Waals surface area contributed by atoms with Crippen LogP contribution in [0.4, 0.5) is 5.69 Å². The second-order valence-electron chi connectivity index (χ2n) is 8.37. The zero-order valence-corrected chi connectivity index (χ0v) is 19.6. The second kappa shape index (κ2) is 9.40. The van der Waals surface area contributed by atoms with Gasteiger partial charge in [0.05, 0.1) is 17.3 Å². The fourth-order valence-electron chi connectivity index (χ4n) is 2.89. The van der Waals surface area contributed by atoms with Gasteiger partial charge in [0.15, 0.2) is 0 Å². The summed E-state index contributed by atoms with van der Waals surface area (Å²) < 4.78 is 32.0. The van der Waals surface area contributed by atoms with Crippen molar-refractivity contribution in [1.82, 2.24) is 10.0 Å². The first-order valence-electron chi connectivity index (χ1n) is 9.27. The molecule has 1 aromatic rings. The molecule has 0 bridgehead atoms. The van der Waals surface area contributed by atoms with Crippen molar-refractivity contribution in [3.8, 4) is 0 Å². The SMILES string of the molecule is CC(C)CC(NCC(=O)OC(C)(C)C)C1NSc2cc(S(N)(=O)=O)c(Cl)cc2N1. The standard InChI is InChI=1S/C18H29ClN4O4S2/c1-10(2)6-13(21-9-16(24)27-18(3,4)5)17-22-12-7-11(19)15(29(20,25)26)8-14(12)28-23-17/h7-8,10,13,17,21-23H,6,9H2,1-5H3,(H2,20,25,26). The smallest absolute Gasteiger partial charge is 0.320 e. The molecule has 0 aliphatic carbocycles. The third-order valence-electron chi connectivity index (χ3n) is 4.00. The molecule has 0 fully saturated rings. The molecule has 0 amide bonds. The maximum atomic E-state index is 12.1. The lowest BCUT2D eigenvalue weighted by atomic mass is 10.0. The van der Waals surface area contributed by atoms with Crippen LogP contribution < -0.4 is 20.5 Å². The summed E-state index contributed by atoms with van der Waals surface area (Å²) in [4.78, 5) is 12.6. The Morgan fingerprint density at radius 3 is 2.59 bits per heavy atom. The number of fused-ring (bicyclic) bond motifs is 1. The highest BCUT2D eigenvalue weighted by molar-refractivity contribution is 7.97. The number of primary sulfonamides is 1. The molecule has 5 N–H and O–H groups in total. The van der Waals surface area contributed by atoms with E-state index in [2.05, 4.69) is 29.2 Å². The number of carbonyl (C=O) groups excluding carboxylic acids is 1. The van der Waals surface area contributed by atoms with E-state index in [1.54, 1.807) is 6.07 Å². The Morgan fingerprint density at radius 1 is 1.38 bits per heavy atom. The van der Waals surface area contributed by atoms with Crippen LogP contribution >= 0.6 is 23.5 Å². The van der Waals surface area contributed by atoms with Gasteiger partial charge in [-0.1, -0.05) is 25.4 Å². The maximum absolute atomic E-state index is 12.1. The third kappa shape index (κ3) is 7.30. The number of halogens is 1. The van der Waals surface area contributed by atoms with Gasteiger partial charge in [0.2, 0.25) is 10.0 Å². The fraction of sp³-hybridized carbons (Fsp3) is 0.611. The lowest BCUT2D eigenvalue weighted by Gasteiger charge is -2.35. The highest BCUT2D eigenvalue weighted by Crippen LogP contribution is 2.37. The summed E-state index contributed by atoms with van der Waals surface area (Å²) in [6.07, 6.45) is 0.584. The van der Waals surface area contributed by atoms with Crippen molar-refractivity contribution in [2.45, 2.75) is 68.6 Å². The number of hydrogen-bond donors (Lipinski definition) is 4. The molecule has 11 heteroatoms. The first-order valence-corrected chi connectivity index (χ1v) is 12.0. The van der Waals surface area contributed by atoms with Crippen LogP contribution in [0.25, 0.3) is 0 Å². The van der Waals surface area contributed by atoms with E-state index >= 15 is 0 Å². The molecular weight excluding hydrogens is 436 g/mol. The van der Waals surface area contributed by atoms with Crippen molar-refractivity contribution >= 4 is 45.2 Å². The monoisotopic (exact) mass is 464 g/mol. The van der Waals surface area contributed by atoms with Gasteiger partial charge in [-0.15, -0.1) is 0 Å². The van der Waals surface area contributed by atoms with E-state index in [4.69, 9.17) is 21.5 Å². The predicted molar refractivity (Wildman–Crippen MR) is 116 cm³/mol. The van der Waals surface area contributed by atoms with Crippen molar-refractivity contribution in [2.24, 2.45) is 11.1 Å². The number of esters is 1. The maximum Gasteiger partial charge on any atom is 0.320 e. The van der Waals surface area contributed by atoms with E-state index < -0.39 is 15.6 Å². The molecule has 1 aromatic carbocycles. The number of hydrogen-bond acceptors (Lipinski definition) is 8. The third-order valence-corrected chi connectivity index (χ3v) is 6.31. The van der Waals surface area contributed by atoms with Crippen LogP contribution in [0.3, 0.4) is 0 Å². The normalized spacial score (nSPS) is 18.1. The topological polar surface area (TPSA) is 123 Å². The number of benzene rings is 1. The number of sulfonamides is 1. The lowest BCUT2D eigenvalue weighted by Crippen LogP contribution is -2.53. The Labute approximate surface area is 181 Å². The van der Waals surface area contributed by atoms with Crippen molar-refractivity contribution < 1.29 is 17.9 Å². The molecule has 1 aliphatic rings. The number of anilines is 1. The van der Waals surface area contributed by atoms with E-state index in [9.17, 15) is 13.2 Å². The number of carbonyl (C=O) groups is 1. The zero-order valence-electron chi connectivity index (χ0n) is 17.2. The van der Waals surface area contributed by atoms with Crippen LogP contribution in [0, 0.1) is 5.92 Å². The van der Waals surface area contributed by atoms with Crippen LogP contribution in [-0.2, 0) is 19.6 Å². The molecule has 0 spiro atoms. The van der Waals surface area contributed by atoms with Gasteiger partial charge in [0.25, 0.3) is 0 Å². The Hall–Kier alpha value is -1.04. The van der Waals surface area contributed by atoms with Crippen LogP contribution in [0.1, 0.15) is 41.0 Å². The minimum atomic E-state index is -3.91. The summed E-state index contributed by atoms with van der Waals surface area (Å²) in [5.74, 6) is 0.0606. The summed E-state index contributed by atoms with van der Waals surface area (Å²) in [5.41, 5.74) is 0.157. The quantitative estimate of drug-likeness (QED) is 0.359. The highest BCUT2D eigenvalue weighted by atomic mass is 35.5. The molecule has 1 heterocycles. The molecule has 8 nitrogen and oxygen atoms in total. The Bertz CT molecular complexity index is 856. The minimum absolute atomic E-state index is 0.0575. The molecule has 2 unspecified atom stereocenters. The number of rotatable bonds is 7. The molecule has 29 heavy (non-hydrogen) atoms. The van der Waals surface area contributed by atoms with E-state index in [1.807, 2.05) is 20.8 Å². The van der Waals surface area contributed by atoms with Gasteiger partial charge in [0, 0.05) is 10.9 Å². The van der Waals surface area contributed by atoms with Crippen molar-refractivity contribution in [1.29, 1.82) is 0 Å². The Kier molecular flexibility index (Phi) is 7.86. The van der Waals surface area contributed by atoms with E-state index in [-0.39, 0.29) is 34.6 Å². The number of ether oxygens (including phenoxy) is 1. The average molecular weight is 465 g/mol. The molecule has 0 radical (unpaired) electrons. The Balaban J connectivity index is 2.14. The predicted octanol–water partition coefficient (Wildman–Crippen LogP) is 2.68. The van der Waals surface area contributed by atoms with E-state index in [0.717, 1.165) is 6.42 Å². The van der Waals surface area contributed by atoms with Crippen molar-refractivity contribution in [3.05, 3.63) is 17.2 Å². The molecule has 1 aliphatic heterocycles. The van der Waals surface area contributed by atoms with Gasteiger partial charge < -0.3 is 15.4 Å². The minimum Gasteiger partial charge on any atom is -0.459 e. The average Bonchev–Trinajstić information content (AvgIpc) is 2.54. The zero-order chi connectivity index (χ0) is 22.0. The Morgan fingerprint density at radius 2 is 2.03 bits per heavy atom. The van der Waals surface area contributed by atoms with E-state index in [1.165, 1.54) is 18.0 Å². The van der Waals surface area contributed by atoms with Gasteiger partial charge in [-0.25, -0.2) is 18.3 Å². The van der Waals surface area contributed by atoms with Crippen molar-refractivity contribution in [2.75, 3.05) is 11.9 Å². The molecule has 2 atom stereocenters. The largest absolute Gasteiger partial charge is 0.459 e. The first kappa shape index (κ1) is 24.2. The number of nitrogens with two attached hydrogens (primary N) is 1. The molecule has 164 valence electrons. The van der Waals surface area contributed by atoms with Crippen LogP contribution in [-0.4, -0.2) is 38.7 Å². The molecule has 0 aromatic heterocycles. The molecule has 0 saturated heterocycles. The summed E-state index contributed by atoms with van der Waals surface area (Å²) in [5, 5.41) is 11.9. The fourth-order valence-corrected chi connectivity index (χ4v) is 4.95.